The van der Waals surface area contributed by atoms with Crippen LogP contribution in [0, 0.1) is 23.7 Å². The fraction of sp³-hybridized carbons (Fsp3) is 0.538. The number of hydrogen-bond donors (Lipinski definition) is 1. The number of allylic oxidation sites excluding steroid dienone is 3. The Kier molecular flexibility index (Phi) is 5.79. The van der Waals surface area contributed by atoms with Crippen molar-refractivity contribution in [3.63, 3.8) is 0 Å². The molecule has 0 bridgehead atoms. The lowest BCUT2D eigenvalue weighted by Gasteiger charge is -2.30. The molecule has 2 atom stereocenters. The number of terminal acetylenes is 1. The van der Waals surface area contributed by atoms with E-state index in [-0.39, 0.29) is 5.41 Å². The molecule has 0 aromatic heterocycles. The second kappa shape index (κ2) is 6.32. The van der Waals surface area contributed by atoms with Gasteiger partial charge in [0.15, 0.2) is 0 Å². The summed E-state index contributed by atoms with van der Waals surface area (Å²) in [5.74, 6) is 3.27. The summed E-state index contributed by atoms with van der Waals surface area (Å²) in [6, 6.07) is 0. The first kappa shape index (κ1) is 12.8. The Morgan fingerprint density at radius 3 is 2.57 bits per heavy atom. The van der Waals surface area contributed by atoms with Crippen molar-refractivity contribution < 1.29 is 5.11 Å². The molecule has 0 aliphatic carbocycles. The van der Waals surface area contributed by atoms with Crippen molar-refractivity contribution in [1.29, 1.82) is 0 Å². The molecule has 0 aliphatic rings. The van der Waals surface area contributed by atoms with Crippen LogP contribution in [0.3, 0.4) is 0 Å². The van der Waals surface area contributed by atoms with Gasteiger partial charge in [0.25, 0.3) is 0 Å². The molecule has 0 radical (unpaired) electrons. The minimum Gasteiger partial charge on any atom is -0.516 e. The molecule has 1 nitrogen and oxygen atoms in total. The van der Waals surface area contributed by atoms with Crippen molar-refractivity contribution in [3.05, 3.63) is 24.5 Å². The molecule has 2 unspecified atom stereocenters. The Labute approximate surface area is 87.5 Å². The van der Waals surface area contributed by atoms with Crippen LogP contribution in [0.15, 0.2) is 24.5 Å². The summed E-state index contributed by atoms with van der Waals surface area (Å²) in [5, 5.41) is 8.67. The van der Waals surface area contributed by atoms with Crippen LogP contribution in [0.5, 0.6) is 0 Å². The van der Waals surface area contributed by atoms with Crippen LogP contribution in [-0.4, -0.2) is 5.11 Å². The lowest BCUT2D eigenvalue weighted by atomic mass is 9.73. The van der Waals surface area contributed by atoms with Gasteiger partial charge in [-0.05, 0) is 25.3 Å². The third-order valence-corrected chi connectivity index (χ3v) is 2.79. The average molecular weight is 192 g/mol. The highest BCUT2D eigenvalue weighted by atomic mass is 16.2. The Morgan fingerprint density at radius 1 is 1.57 bits per heavy atom. The lowest BCUT2D eigenvalue weighted by molar-refractivity contribution is 0.326. The van der Waals surface area contributed by atoms with Gasteiger partial charge in [0.2, 0.25) is 0 Å². The number of rotatable bonds is 5. The van der Waals surface area contributed by atoms with Crippen molar-refractivity contribution in [2.45, 2.75) is 33.6 Å². The Morgan fingerprint density at radius 2 is 2.21 bits per heavy atom. The maximum absolute atomic E-state index is 8.67. The third-order valence-electron chi connectivity index (χ3n) is 2.79. The summed E-state index contributed by atoms with van der Waals surface area (Å²) in [7, 11) is 0. The van der Waals surface area contributed by atoms with E-state index in [1.54, 1.807) is 6.08 Å². The maximum Gasteiger partial charge on any atom is 0.0752 e. The summed E-state index contributed by atoms with van der Waals surface area (Å²) >= 11 is 0. The van der Waals surface area contributed by atoms with Crippen LogP contribution in [0.2, 0.25) is 0 Å². The molecular weight excluding hydrogens is 172 g/mol. The van der Waals surface area contributed by atoms with Crippen LogP contribution in [0.25, 0.3) is 0 Å². The van der Waals surface area contributed by atoms with Crippen molar-refractivity contribution in [1.82, 2.24) is 0 Å². The molecule has 1 N–H and O–H groups in total. The van der Waals surface area contributed by atoms with Crippen LogP contribution < -0.4 is 0 Å². The van der Waals surface area contributed by atoms with E-state index in [0.29, 0.717) is 12.3 Å². The highest BCUT2D eigenvalue weighted by molar-refractivity contribution is 5.20. The van der Waals surface area contributed by atoms with Gasteiger partial charge in [-0.2, -0.15) is 0 Å². The van der Waals surface area contributed by atoms with Crippen LogP contribution in [-0.2, 0) is 0 Å². The molecule has 0 heterocycles. The summed E-state index contributed by atoms with van der Waals surface area (Å²) in [5.41, 5.74) is -0.247. The SMILES string of the molecule is C#CC(/C=C\C)(C/C=C/O)C(C)CC. The molecule has 1 heteroatoms. The molecular formula is C13H20O. The predicted molar refractivity (Wildman–Crippen MR) is 61.9 cm³/mol. The van der Waals surface area contributed by atoms with Crippen LogP contribution in [0.4, 0.5) is 0 Å². The number of aliphatic hydroxyl groups excluding tert-OH is 1. The number of aliphatic hydroxyl groups is 1. The largest absolute Gasteiger partial charge is 0.516 e. The van der Waals surface area contributed by atoms with E-state index in [0.717, 1.165) is 12.7 Å². The topological polar surface area (TPSA) is 20.2 Å². The lowest BCUT2D eigenvalue weighted by Crippen LogP contribution is -2.23. The molecule has 0 saturated carbocycles. The maximum atomic E-state index is 8.67. The molecule has 0 amide bonds. The van der Waals surface area contributed by atoms with Gasteiger partial charge < -0.3 is 5.11 Å². The van der Waals surface area contributed by atoms with Gasteiger partial charge in [0.05, 0.1) is 11.7 Å². The molecule has 78 valence electrons. The van der Waals surface area contributed by atoms with Gasteiger partial charge >= 0.3 is 0 Å². The normalized spacial score (nSPS) is 18.1. The monoisotopic (exact) mass is 192 g/mol. The van der Waals surface area contributed by atoms with Crippen LogP contribution >= 0.6 is 0 Å². The van der Waals surface area contributed by atoms with Crippen molar-refractivity contribution in [2.24, 2.45) is 11.3 Å². The van der Waals surface area contributed by atoms with Crippen molar-refractivity contribution >= 4 is 0 Å². The van der Waals surface area contributed by atoms with Crippen LogP contribution in [0.1, 0.15) is 33.6 Å². The Balaban J connectivity index is 4.89. The Hall–Kier alpha value is -1.16. The summed E-state index contributed by atoms with van der Waals surface area (Å²) < 4.78 is 0. The Bertz CT molecular complexity index is 244. The fourth-order valence-electron chi connectivity index (χ4n) is 1.59. The predicted octanol–water partition coefficient (Wildman–Crippen LogP) is 3.69. The molecule has 0 aromatic carbocycles. The van der Waals surface area contributed by atoms with Gasteiger partial charge in [0, 0.05) is 0 Å². The van der Waals surface area contributed by atoms with Gasteiger partial charge in [-0.1, -0.05) is 38.3 Å². The molecule has 0 fully saturated rings. The van der Waals surface area contributed by atoms with E-state index in [9.17, 15) is 0 Å². The molecule has 14 heavy (non-hydrogen) atoms. The van der Waals surface area contributed by atoms with Crippen molar-refractivity contribution in [3.8, 4) is 12.3 Å². The molecule has 0 aliphatic heterocycles. The van der Waals surface area contributed by atoms with Crippen molar-refractivity contribution in [2.75, 3.05) is 0 Å². The van der Waals surface area contributed by atoms with Gasteiger partial charge in [0.1, 0.15) is 0 Å². The highest BCUT2D eigenvalue weighted by Gasteiger charge is 2.28. The average Bonchev–Trinajstić information content (AvgIpc) is 2.23. The van der Waals surface area contributed by atoms with E-state index < -0.39 is 0 Å². The first-order valence-corrected chi connectivity index (χ1v) is 5.07. The van der Waals surface area contributed by atoms with Gasteiger partial charge in [-0.3, -0.25) is 0 Å². The quantitative estimate of drug-likeness (QED) is 0.400. The number of hydrogen-bond acceptors (Lipinski definition) is 1. The van der Waals surface area contributed by atoms with E-state index in [2.05, 4.69) is 25.8 Å². The molecule has 0 spiro atoms. The minimum absolute atomic E-state index is 0.247. The smallest absolute Gasteiger partial charge is 0.0752 e. The zero-order valence-electron chi connectivity index (χ0n) is 9.33. The molecule has 0 rings (SSSR count). The van der Waals surface area contributed by atoms with E-state index in [1.165, 1.54) is 0 Å². The fourth-order valence-corrected chi connectivity index (χ4v) is 1.59. The highest BCUT2D eigenvalue weighted by Crippen LogP contribution is 2.35. The first-order valence-electron chi connectivity index (χ1n) is 5.07. The zero-order chi connectivity index (χ0) is 11.0. The van der Waals surface area contributed by atoms with Gasteiger partial charge in [-0.15, -0.1) is 6.42 Å². The second-order valence-electron chi connectivity index (χ2n) is 3.58. The first-order chi connectivity index (χ1) is 6.66. The standard InChI is InChI=1S/C13H20O/c1-5-9-13(7-3,10-8-11-14)12(4)6-2/h3,5,8-9,11-12,14H,6,10H2,1-2,4H3/b9-5-,11-8+. The molecule has 0 saturated heterocycles. The van der Waals surface area contributed by atoms with E-state index in [1.807, 2.05) is 13.0 Å². The summed E-state index contributed by atoms with van der Waals surface area (Å²) in [4.78, 5) is 0. The second-order valence-corrected chi connectivity index (χ2v) is 3.58. The summed E-state index contributed by atoms with van der Waals surface area (Å²) in [6.45, 7) is 6.24. The minimum atomic E-state index is -0.247. The van der Waals surface area contributed by atoms with E-state index >= 15 is 0 Å². The molecule has 0 aromatic rings. The van der Waals surface area contributed by atoms with Gasteiger partial charge in [-0.25, -0.2) is 0 Å². The third kappa shape index (κ3) is 2.96. The zero-order valence-corrected chi connectivity index (χ0v) is 9.33. The summed E-state index contributed by atoms with van der Waals surface area (Å²) in [6.07, 6.45) is 14.1. The van der Waals surface area contributed by atoms with E-state index in [4.69, 9.17) is 11.5 Å².